The summed E-state index contributed by atoms with van der Waals surface area (Å²) in [6.07, 6.45) is 7.18. The van der Waals surface area contributed by atoms with Crippen LogP contribution in [0.4, 0.5) is 4.39 Å². The van der Waals surface area contributed by atoms with E-state index in [4.69, 9.17) is 9.47 Å². The second-order valence-electron chi connectivity index (χ2n) is 12.4. The number of aliphatic carboxylic acids is 1. The van der Waals surface area contributed by atoms with Crippen LogP contribution >= 0.6 is 0 Å². The van der Waals surface area contributed by atoms with Crippen LogP contribution < -0.4 is 9.47 Å². The zero-order valence-corrected chi connectivity index (χ0v) is 23.1. The van der Waals surface area contributed by atoms with Gasteiger partial charge in [-0.3, -0.25) is 4.79 Å². The molecular formula is C34H37FO4. The van der Waals surface area contributed by atoms with E-state index in [0.717, 1.165) is 54.5 Å². The molecule has 0 bridgehead atoms. The number of carboxylic acid groups (broad SMARTS) is 1. The third kappa shape index (κ3) is 4.60. The monoisotopic (exact) mass is 528 g/mol. The highest BCUT2D eigenvalue weighted by Crippen LogP contribution is 2.62. The van der Waals surface area contributed by atoms with E-state index in [2.05, 4.69) is 32.0 Å². The van der Waals surface area contributed by atoms with Crippen LogP contribution in [0.15, 0.2) is 54.6 Å². The van der Waals surface area contributed by atoms with E-state index in [9.17, 15) is 9.90 Å². The van der Waals surface area contributed by atoms with E-state index in [0.29, 0.717) is 23.8 Å². The Morgan fingerprint density at radius 1 is 1.00 bits per heavy atom. The van der Waals surface area contributed by atoms with Gasteiger partial charge in [0.25, 0.3) is 0 Å². The fourth-order valence-corrected chi connectivity index (χ4v) is 7.33. The van der Waals surface area contributed by atoms with Gasteiger partial charge < -0.3 is 14.6 Å². The van der Waals surface area contributed by atoms with Crippen LogP contribution in [0.25, 0.3) is 11.1 Å². The Balaban J connectivity index is 1.31. The molecule has 0 radical (unpaired) electrons. The summed E-state index contributed by atoms with van der Waals surface area (Å²) in [7, 11) is 1.61. The van der Waals surface area contributed by atoms with Crippen molar-refractivity contribution in [2.75, 3.05) is 7.11 Å². The molecular weight excluding hydrogens is 491 g/mol. The first kappa shape index (κ1) is 25.9. The Kier molecular flexibility index (Phi) is 6.44. The minimum Gasteiger partial charge on any atom is -0.497 e. The van der Waals surface area contributed by atoms with Crippen molar-refractivity contribution < 1.29 is 23.8 Å². The third-order valence-electron chi connectivity index (χ3n) is 9.70. The fraction of sp³-hybridized carbons (Fsp3) is 0.441. The van der Waals surface area contributed by atoms with Gasteiger partial charge in [0.2, 0.25) is 0 Å². The van der Waals surface area contributed by atoms with Crippen molar-refractivity contribution >= 4 is 5.97 Å². The first-order valence-electron chi connectivity index (χ1n) is 14.2. The number of fused-ring (bicyclic) bond motifs is 2. The lowest BCUT2D eigenvalue weighted by Gasteiger charge is -2.40. The summed E-state index contributed by atoms with van der Waals surface area (Å²) in [4.78, 5) is 11.7. The molecule has 5 heteroatoms. The van der Waals surface area contributed by atoms with Gasteiger partial charge in [-0.05, 0) is 102 Å². The average Bonchev–Trinajstić information content (AvgIpc) is 3.56. The fourth-order valence-electron chi connectivity index (χ4n) is 7.33. The van der Waals surface area contributed by atoms with Gasteiger partial charge in [0, 0.05) is 11.0 Å². The smallest absolute Gasteiger partial charge is 0.307 e. The van der Waals surface area contributed by atoms with Gasteiger partial charge in [0.15, 0.2) is 0 Å². The van der Waals surface area contributed by atoms with E-state index < -0.39 is 5.97 Å². The quantitative estimate of drug-likeness (QED) is 0.337. The van der Waals surface area contributed by atoms with Crippen LogP contribution in [0, 0.1) is 17.2 Å². The van der Waals surface area contributed by atoms with Gasteiger partial charge in [-0.25, -0.2) is 4.39 Å². The van der Waals surface area contributed by atoms with Gasteiger partial charge in [0.05, 0.1) is 13.0 Å². The molecule has 2 fully saturated rings. The molecule has 0 aromatic heterocycles. The predicted molar refractivity (Wildman–Crippen MR) is 150 cm³/mol. The maximum atomic E-state index is 15.1. The summed E-state index contributed by atoms with van der Waals surface area (Å²) < 4.78 is 26.9. The van der Waals surface area contributed by atoms with Crippen molar-refractivity contribution in [3.63, 3.8) is 0 Å². The molecule has 1 N–H and O–H groups in total. The Bertz CT molecular complexity index is 1430. The van der Waals surface area contributed by atoms with E-state index in [1.165, 1.54) is 30.0 Å². The molecule has 4 nitrogen and oxygen atoms in total. The van der Waals surface area contributed by atoms with E-state index in [1.807, 2.05) is 18.2 Å². The maximum absolute atomic E-state index is 15.1. The SMILES string of the molecule is COc1ccc(F)c(-c2ccc(COc3ccc4c(c3)[C@]3(CC4)C[C@@H]3C(=O)O)cc2[C@H]2CCCCC2(C)C)c1. The molecule has 3 aromatic rings. The van der Waals surface area contributed by atoms with E-state index in [1.54, 1.807) is 19.2 Å². The number of halogens is 1. The summed E-state index contributed by atoms with van der Waals surface area (Å²) in [6, 6.07) is 17.4. The summed E-state index contributed by atoms with van der Waals surface area (Å²) in [6.45, 7) is 5.05. The molecule has 2 saturated carbocycles. The second kappa shape index (κ2) is 9.69. The largest absolute Gasteiger partial charge is 0.497 e. The number of benzene rings is 3. The molecule has 1 spiro atoms. The molecule has 0 unspecified atom stereocenters. The van der Waals surface area contributed by atoms with Gasteiger partial charge in [-0.15, -0.1) is 0 Å². The minimum absolute atomic E-state index is 0.112. The van der Waals surface area contributed by atoms with Crippen LogP contribution in [0.3, 0.4) is 0 Å². The number of ether oxygens (including phenoxy) is 2. The van der Waals surface area contributed by atoms with Gasteiger partial charge in [0.1, 0.15) is 23.9 Å². The lowest BCUT2D eigenvalue weighted by Crippen LogP contribution is -2.26. The highest BCUT2D eigenvalue weighted by atomic mass is 19.1. The predicted octanol–water partition coefficient (Wildman–Crippen LogP) is 8.05. The van der Waals surface area contributed by atoms with Crippen molar-refractivity contribution in [1.29, 1.82) is 0 Å². The highest BCUT2D eigenvalue weighted by molar-refractivity contribution is 5.78. The number of methoxy groups -OCH3 is 1. The molecule has 3 aliphatic carbocycles. The van der Waals surface area contributed by atoms with Crippen LogP contribution in [0.5, 0.6) is 11.5 Å². The first-order chi connectivity index (χ1) is 18.7. The normalized spacial score (nSPS) is 24.8. The number of carbonyl (C=O) groups is 1. The van der Waals surface area contributed by atoms with Crippen LogP contribution in [0.1, 0.15) is 80.5 Å². The van der Waals surface area contributed by atoms with Crippen molar-refractivity contribution in [2.45, 2.75) is 76.7 Å². The number of carboxylic acids is 1. The van der Waals surface area contributed by atoms with Crippen molar-refractivity contribution in [1.82, 2.24) is 0 Å². The summed E-state index contributed by atoms with van der Waals surface area (Å²) in [5.74, 6) is 0.507. The third-order valence-corrected chi connectivity index (χ3v) is 9.70. The van der Waals surface area contributed by atoms with Crippen LogP contribution in [0.2, 0.25) is 0 Å². The lowest BCUT2D eigenvalue weighted by atomic mass is 9.65. The van der Waals surface area contributed by atoms with Crippen molar-refractivity contribution in [3.8, 4) is 22.6 Å². The molecule has 204 valence electrons. The molecule has 0 heterocycles. The second-order valence-corrected chi connectivity index (χ2v) is 12.4. The lowest BCUT2D eigenvalue weighted by molar-refractivity contribution is -0.139. The minimum atomic E-state index is -0.695. The van der Waals surface area contributed by atoms with E-state index in [-0.39, 0.29) is 22.6 Å². The number of hydrogen-bond donors (Lipinski definition) is 1. The van der Waals surface area contributed by atoms with E-state index >= 15 is 4.39 Å². The molecule has 6 rings (SSSR count). The molecule has 0 aliphatic heterocycles. The Hall–Kier alpha value is -3.34. The molecule has 0 saturated heterocycles. The Morgan fingerprint density at radius 2 is 1.82 bits per heavy atom. The molecule has 3 aliphatic rings. The van der Waals surface area contributed by atoms with Crippen molar-refractivity contribution in [2.24, 2.45) is 11.3 Å². The zero-order chi connectivity index (χ0) is 27.4. The molecule has 0 amide bonds. The van der Waals surface area contributed by atoms with Gasteiger partial charge >= 0.3 is 5.97 Å². The summed E-state index contributed by atoms with van der Waals surface area (Å²) in [5.41, 5.74) is 6.01. The van der Waals surface area contributed by atoms with Crippen molar-refractivity contribution in [3.05, 3.63) is 82.7 Å². The van der Waals surface area contributed by atoms with Crippen LogP contribution in [-0.2, 0) is 23.2 Å². The molecule has 3 atom stereocenters. The number of aryl methyl sites for hydroxylation is 1. The summed E-state index contributed by atoms with van der Waals surface area (Å²) >= 11 is 0. The zero-order valence-electron chi connectivity index (χ0n) is 23.1. The molecule has 39 heavy (non-hydrogen) atoms. The first-order valence-corrected chi connectivity index (χ1v) is 14.2. The van der Waals surface area contributed by atoms with Gasteiger partial charge in [-0.1, -0.05) is 51.0 Å². The maximum Gasteiger partial charge on any atom is 0.307 e. The van der Waals surface area contributed by atoms with Gasteiger partial charge in [-0.2, -0.15) is 0 Å². The average molecular weight is 529 g/mol. The standard InChI is InChI=1S/C34H37FO4/c1-33(2)14-5-4-6-28(33)26-16-21(7-11-25(26)27-17-23(38-3)10-12-31(27)35)20-39-24-9-8-22-13-15-34(29(22)18-24)19-30(34)32(36)37/h7-12,16-18,28,30H,4-6,13-15,19-20H2,1-3H3,(H,36,37)/t28-,30-,34+/m1/s1. The summed E-state index contributed by atoms with van der Waals surface area (Å²) in [5, 5.41) is 9.59. The molecule has 3 aromatic carbocycles. The Morgan fingerprint density at radius 3 is 2.56 bits per heavy atom. The Labute approximate surface area is 230 Å². The number of hydrogen-bond acceptors (Lipinski definition) is 3. The topological polar surface area (TPSA) is 55.8 Å². The highest BCUT2D eigenvalue weighted by Gasteiger charge is 2.61. The van der Waals surface area contributed by atoms with Crippen LogP contribution in [-0.4, -0.2) is 18.2 Å². The number of rotatable bonds is 7.